The molecular formula is C13H15N3O2. The Kier molecular flexibility index (Phi) is 3.62. The zero-order valence-corrected chi connectivity index (χ0v) is 10.1. The smallest absolute Gasteiger partial charge is 0.226 e. The molecule has 0 aliphatic rings. The van der Waals surface area contributed by atoms with E-state index in [1.807, 2.05) is 10.8 Å². The van der Waals surface area contributed by atoms with Crippen LogP contribution in [0, 0.1) is 6.92 Å². The van der Waals surface area contributed by atoms with Gasteiger partial charge in [-0.15, -0.1) is 0 Å². The molecule has 2 rings (SSSR count). The first-order valence-electron chi connectivity index (χ1n) is 5.70. The van der Waals surface area contributed by atoms with Crippen molar-refractivity contribution in [1.82, 2.24) is 9.55 Å². The minimum atomic E-state index is -0.0908. The Hall–Kier alpha value is -2.30. The van der Waals surface area contributed by atoms with Crippen LogP contribution in [0.5, 0.6) is 5.75 Å². The van der Waals surface area contributed by atoms with Gasteiger partial charge < -0.3 is 15.0 Å². The number of imidazole rings is 1. The summed E-state index contributed by atoms with van der Waals surface area (Å²) in [6.07, 6.45) is 5.52. The molecule has 0 spiro atoms. The Balaban J connectivity index is 1.88. The molecule has 1 amide bonds. The van der Waals surface area contributed by atoms with Crippen molar-refractivity contribution in [3.8, 4) is 5.75 Å². The van der Waals surface area contributed by atoms with Crippen molar-refractivity contribution in [2.24, 2.45) is 0 Å². The lowest BCUT2D eigenvalue weighted by Gasteiger charge is -2.07. The van der Waals surface area contributed by atoms with E-state index in [1.54, 1.807) is 37.6 Å². The number of carbonyl (C=O) groups is 1. The maximum Gasteiger partial charge on any atom is 0.226 e. The fourth-order valence-corrected chi connectivity index (χ4v) is 1.56. The highest BCUT2D eigenvalue weighted by atomic mass is 16.3. The summed E-state index contributed by atoms with van der Waals surface area (Å²) in [4.78, 5) is 15.6. The summed E-state index contributed by atoms with van der Waals surface area (Å²) in [7, 11) is 0. The lowest BCUT2D eigenvalue weighted by molar-refractivity contribution is -0.116. The number of phenols is 1. The highest BCUT2D eigenvalue weighted by Crippen LogP contribution is 2.20. The molecule has 0 aliphatic carbocycles. The fraction of sp³-hybridized carbons (Fsp3) is 0.231. The maximum absolute atomic E-state index is 11.7. The summed E-state index contributed by atoms with van der Waals surface area (Å²) in [5.74, 6) is 0.0920. The fourth-order valence-electron chi connectivity index (χ4n) is 1.56. The predicted molar refractivity (Wildman–Crippen MR) is 68.3 cm³/mol. The molecule has 2 aromatic rings. The van der Waals surface area contributed by atoms with E-state index >= 15 is 0 Å². The van der Waals surface area contributed by atoms with Crippen LogP contribution in [0.4, 0.5) is 5.69 Å². The number of anilines is 1. The van der Waals surface area contributed by atoms with Crippen molar-refractivity contribution >= 4 is 11.6 Å². The van der Waals surface area contributed by atoms with Gasteiger partial charge in [-0.1, -0.05) is 6.07 Å². The van der Waals surface area contributed by atoms with Crippen LogP contribution in [-0.4, -0.2) is 20.6 Å². The number of aromatic nitrogens is 2. The molecule has 1 heterocycles. The molecule has 1 aromatic carbocycles. The molecule has 0 fully saturated rings. The molecule has 5 nitrogen and oxygen atoms in total. The molecule has 0 saturated carbocycles. The van der Waals surface area contributed by atoms with Crippen LogP contribution in [0.2, 0.25) is 0 Å². The zero-order valence-electron chi connectivity index (χ0n) is 10.1. The van der Waals surface area contributed by atoms with Gasteiger partial charge in [0.1, 0.15) is 5.75 Å². The quantitative estimate of drug-likeness (QED) is 0.864. The first kappa shape index (κ1) is 12.2. The second-order valence-electron chi connectivity index (χ2n) is 4.10. The SMILES string of the molecule is Cc1ccc(NC(=O)CCn2ccnc2)cc1O. The van der Waals surface area contributed by atoms with Gasteiger partial charge in [-0.05, 0) is 18.6 Å². The molecule has 5 heteroatoms. The van der Waals surface area contributed by atoms with Gasteiger partial charge >= 0.3 is 0 Å². The van der Waals surface area contributed by atoms with Crippen LogP contribution in [0.3, 0.4) is 0 Å². The number of benzene rings is 1. The minimum absolute atomic E-state index is 0.0908. The number of nitrogens with zero attached hydrogens (tertiary/aromatic N) is 2. The van der Waals surface area contributed by atoms with Crippen molar-refractivity contribution < 1.29 is 9.90 Å². The molecular weight excluding hydrogens is 230 g/mol. The van der Waals surface area contributed by atoms with Gasteiger partial charge in [-0.2, -0.15) is 0 Å². The van der Waals surface area contributed by atoms with Crippen LogP contribution in [0.25, 0.3) is 0 Å². The summed E-state index contributed by atoms with van der Waals surface area (Å²) in [6.45, 7) is 2.39. The minimum Gasteiger partial charge on any atom is -0.508 e. The second-order valence-corrected chi connectivity index (χ2v) is 4.10. The molecule has 0 atom stereocenters. The monoisotopic (exact) mass is 245 g/mol. The predicted octanol–water partition coefficient (Wildman–Crippen LogP) is 1.93. The normalized spacial score (nSPS) is 10.3. The van der Waals surface area contributed by atoms with E-state index in [9.17, 15) is 9.90 Å². The number of phenolic OH excluding ortho intramolecular Hbond substituents is 1. The van der Waals surface area contributed by atoms with Gasteiger partial charge in [0, 0.05) is 37.1 Å². The average molecular weight is 245 g/mol. The van der Waals surface area contributed by atoms with Crippen molar-refractivity contribution in [2.75, 3.05) is 5.32 Å². The topological polar surface area (TPSA) is 67.2 Å². The largest absolute Gasteiger partial charge is 0.508 e. The summed E-state index contributed by atoms with van der Waals surface area (Å²) in [6, 6.07) is 5.08. The van der Waals surface area contributed by atoms with Gasteiger partial charge in [-0.3, -0.25) is 4.79 Å². The van der Waals surface area contributed by atoms with E-state index in [2.05, 4.69) is 10.3 Å². The van der Waals surface area contributed by atoms with Crippen molar-refractivity contribution in [2.45, 2.75) is 19.9 Å². The van der Waals surface area contributed by atoms with E-state index in [0.717, 1.165) is 5.56 Å². The van der Waals surface area contributed by atoms with Crippen LogP contribution in [-0.2, 0) is 11.3 Å². The number of hydrogen-bond donors (Lipinski definition) is 2. The van der Waals surface area contributed by atoms with E-state index in [1.165, 1.54) is 0 Å². The lowest BCUT2D eigenvalue weighted by atomic mass is 10.2. The first-order chi connectivity index (χ1) is 8.65. The van der Waals surface area contributed by atoms with Crippen LogP contribution < -0.4 is 5.32 Å². The van der Waals surface area contributed by atoms with Crippen molar-refractivity contribution in [3.63, 3.8) is 0 Å². The molecule has 2 N–H and O–H groups in total. The maximum atomic E-state index is 11.7. The van der Waals surface area contributed by atoms with Crippen molar-refractivity contribution in [3.05, 3.63) is 42.5 Å². The number of amides is 1. The van der Waals surface area contributed by atoms with E-state index in [-0.39, 0.29) is 11.7 Å². The first-order valence-corrected chi connectivity index (χ1v) is 5.70. The van der Waals surface area contributed by atoms with Gasteiger partial charge in [0.15, 0.2) is 0 Å². The van der Waals surface area contributed by atoms with Crippen LogP contribution >= 0.6 is 0 Å². The Morgan fingerprint density at radius 2 is 2.33 bits per heavy atom. The Morgan fingerprint density at radius 3 is 3.00 bits per heavy atom. The average Bonchev–Trinajstić information content (AvgIpc) is 2.84. The lowest BCUT2D eigenvalue weighted by Crippen LogP contribution is -2.13. The van der Waals surface area contributed by atoms with Crippen LogP contribution in [0.15, 0.2) is 36.9 Å². The number of rotatable bonds is 4. The molecule has 18 heavy (non-hydrogen) atoms. The van der Waals surface area contributed by atoms with Gasteiger partial charge in [0.25, 0.3) is 0 Å². The number of hydrogen-bond acceptors (Lipinski definition) is 3. The molecule has 0 saturated heterocycles. The summed E-state index contributed by atoms with van der Waals surface area (Å²) >= 11 is 0. The Labute approximate surface area is 105 Å². The number of aryl methyl sites for hydroxylation is 2. The van der Waals surface area contributed by atoms with Gasteiger partial charge in [-0.25, -0.2) is 4.98 Å². The molecule has 0 radical (unpaired) electrons. The Morgan fingerprint density at radius 1 is 1.50 bits per heavy atom. The van der Waals surface area contributed by atoms with Crippen molar-refractivity contribution in [1.29, 1.82) is 0 Å². The standard InChI is InChI=1S/C13H15N3O2/c1-10-2-3-11(8-12(10)17)15-13(18)4-6-16-7-5-14-9-16/h2-3,5,7-9,17H,4,6H2,1H3,(H,15,18). The highest BCUT2D eigenvalue weighted by Gasteiger charge is 2.04. The summed E-state index contributed by atoms with van der Waals surface area (Å²) < 4.78 is 1.84. The van der Waals surface area contributed by atoms with E-state index in [0.29, 0.717) is 18.7 Å². The number of aromatic hydroxyl groups is 1. The molecule has 0 aliphatic heterocycles. The van der Waals surface area contributed by atoms with Gasteiger partial charge in [0.2, 0.25) is 5.91 Å². The molecule has 1 aromatic heterocycles. The molecule has 0 bridgehead atoms. The highest BCUT2D eigenvalue weighted by molar-refractivity contribution is 5.90. The number of carbonyl (C=O) groups excluding carboxylic acids is 1. The third-order valence-electron chi connectivity index (χ3n) is 2.65. The van der Waals surface area contributed by atoms with E-state index in [4.69, 9.17) is 0 Å². The summed E-state index contributed by atoms with van der Waals surface area (Å²) in [5, 5.41) is 12.3. The third-order valence-corrected chi connectivity index (χ3v) is 2.65. The third kappa shape index (κ3) is 3.10. The summed E-state index contributed by atoms with van der Waals surface area (Å²) in [5.41, 5.74) is 1.39. The van der Waals surface area contributed by atoms with Crippen LogP contribution in [0.1, 0.15) is 12.0 Å². The second kappa shape index (κ2) is 5.35. The molecule has 0 unspecified atom stereocenters. The van der Waals surface area contributed by atoms with Gasteiger partial charge in [0.05, 0.1) is 6.33 Å². The van der Waals surface area contributed by atoms with E-state index < -0.39 is 0 Å². The Bertz CT molecular complexity index is 535. The zero-order chi connectivity index (χ0) is 13.0. The molecule has 94 valence electrons. The number of nitrogens with one attached hydrogen (secondary N) is 1.